The van der Waals surface area contributed by atoms with Gasteiger partial charge in [-0.15, -0.1) is 0 Å². The van der Waals surface area contributed by atoms with Crippen LogP contribution in [0.4, 0.5) is 5.82 Å². The maximum absolute atomic E-state index is 5.69. The summed E-state index contributed by atoms with van der Waals surface area (Å²) in [5.74, 6) is 0.853. The fraction of sp³-hybridized carbons (Fsp3) is 0.545. The number of hydrogen-bond donors (Lipinski definition) is 2. The van der Waals surface area contributed by atoms with Crippen molar-refractivity contribution < 1.29 is 4.74 Å². The van der Waals surface area contributed by atoms with Crippen LogP contribution in [0.2, 0.25) is 0 Å². The van der Waals surface area contributed by atoms with Crippen molar-refractivity contribution >= 4 is 17.0 Å². The Morgan fingerprint density at radius 2 is 2.39 bits per heavy atom. The number of anilines is 1. The number of nitrogens with zero attached hydrogens (tertiary/aromatic N) is 4. The van der Waals surface area contributed by atoms with Crippen LogP contribution in [0.15, 0.2) is 12.7 Å². The van der Waals surface area contributed by atoms with Crippen molar-refractivity contribution in [2.45, 2.75) is 6.10 Å². The third kappa shape index (κ3) is 2.14. The first-order chi connectivity index (χ1) is 8.84. The summed E-state index contributed by atoms with van der Waals surface area (Å²) in [6.45, 7) is 3.36. The summed E-state index contributed by atoms with van der Waals surface area (Å²) in [5.41, 5.74) is 1.55. The molecule has 0 spiro atoms. The Hall–Kier alpha value is -1.73. The summed E-state index contributed by atoms with van der Waals surface area (Å²) in [6, 6.07) is 0. The molecule has 1 unspecified atom stereocenters. The SMILES string of the molecule is CN(CC1CNCCO1)c1ncnc2nc[nH]c12. The van der Waals surface area contributed by atoms with Gasteiger partial charge < -0.3 is 19.9 Å². The van der Waals surface area contributed by atoms with Crippen molar-refractivity contribution in [1.29, 1.82) is 0 Å². The van der Waals surface area contributed by atoms with E-state index >= 15 is 0 Å². The van der Waals surface area contributed by atoms with Crippen molar-refractivity contribution in [3.63, 3.8) is 0 Å². The minimum absolute atomic E-state index is 0.191. The Bertz CT molecular complexity index is 521. The number of hydrogen-bond acceptors (Lipinski definition) is 6. The van der Waals surface area contributed by atoms with Gasteiger partial charge >= 0.3 is 0 Å². The topological polar surface area (TPSA) is 79.0 Å². The van der Waals surface area contributed by atoms with Crippen LogP contribution in [0.1, 0.15) is 0 Å². The van der Waals surface area contributed by atoms with Crippen LogP contribution in [0.3, 0.4) is 0 Å². The highest BCUT2D eigenvalue weighted by Gasteiger charge is 2.18. The van der Waals surface area contributed by atoms with Gasteiger partial charge in [-0.05, 0) is 0 Å². The number of rotatable bonds is 3. The number of aromatic amines is 1. The van der Waals surface area contributed by atoms with Gasteiger partial charge in [-0.25, -0.2) is 15.0 Å². The molecule has 0 bridgehead atoms. The van der Waals surface area contributed by atoms with Crippen LogP contribution in [0, 0.1) is 0 Å². The highest BCUT2D eigenvalue weighted by Crippen LogP contribution is 2.18. The number of ether oxygens (including phenoxy) is 1. The van der Waals surface area contributed by atoms with Gasteiger partial charge in [-0.1, -0.05) is 0 Å². The summed E-state index contributed by atoms with van der Waals surface area (Å²) in [5, 5.41) is 3.32. The molecule has 1 atom stereocenters. The molecule has 1 saturated heterocycles. The number of imidazole rings is 1. The normalized spacial score (nSPS) is 20.2. The van der Waals surface area contributed by atoms with Gasteiger partial charge in [0.25, 0.3) is 0 Å². The molecule has 0 amide bonds. The van der Waals surface area contributed by atoms with E-state index in [1.54, 1.807) is 6.33 Å². The van der Waals surface area contributed by atoms with E-state index < -0.39 is 0 Å². The van der Waals surface area contributed by atoms with Crippen LogP contribution in [0.25, 0.3) is 11.2 Å². The molecule has 2 N–H and O–H groups in total. The molecular weight excluding hydrogens is 232 g/mol. The van der Waals surface area contributed by atoms with Crippen molar-refractivity contribution in [2.24, 2.45) is 0 Å². The first-order valence-corrected chi connectivity index (χ1v) is 6.02. The van der Waals surface area contributed by atoms with Crippen LogP contribution >= 0.6 is 0 Å². The Balaban J connectivity index is 1.78. The second-order valence-corrected chi connectivity index (χ2v) is 4.38. The summed E-state index contributed by atoms with van der Waals surface area (Å²) < 4.78 is 5.69. The summed E-state index contributed by atoms with van der Waals surface area (Å²) in [6.07, 6.45) is 3.36. The summed E-state index contributed by atoms with van der Waals surface area (Å²) in [4.78, 5) is 17.7. The molecule has 18 heavy (non-hydrogen) atoms. The summed E-state index contributed by atoms with van der Waals surface area (Å²) >= 11 is 0. The van der Waals surface area contributed by atoms with Gasteiger partial charge in [-0.2, -0.15) is 0 Å². The van der Waals surface area contributed by atoms with Crippen molar-refractivity contribution in [2.75, 3.05) is 38.2 Å². The van der Waals surface area contributed by atoms with E-state index in [9.17, 15) is 0 Å². The highest BCUT2D eigenvalue weighted by atomic mass is 16.5. The molecule has 0 radical (unpaired) electrons. The van der Waals surface area contributed by atoms with Crippen LogP contribution in [0.5, 0.6) is 0 Å². The molecule has 1 aliphatic rings. The van der Waals surface area contributed by atoms with Crippen molar-refractivity contribution in [3.8, 4) is 0 Å². The predicted octanol–water partition coefficient (Wildman–Crippen LogP) is -0.222. The van der Waals surface area contributed by atoms with E-state index in [2.05, 4.69) is 30.2 Å². The van der Waals surface area contributed by atoms with E-state index in [4.69, 9.17) is 4.74 Å². The second kappa shape index (κ2) is 4.87. The molecule has 7 nitrogen and oxygen atoms in total. The van der Waals surface area contributed by atoms with Gasteiger partial charge in [-0.3, -0.25) is 0 Å². The van der Waals surface area contributed by atoms with E-state index in [-0.39, 0.29) is 6.10 Å². The van der Waals surface area contributed by atoms with Crippen molar-refractivity contribution in [1.82, 2.24) is 25.3 Å². The zero-order valence-electron chi connectivity index (χ0n) is 10.3. The Morgan fingerprint density at radius 1 is 1.44 bits per heavy atom. The molecule has 3 heterocycles. The minimum Gasteiger partial charge on any atom is -0.374 e. The predicted molar refractivity (Wildman–Crippen MR) is 67.6 cm³/mol. The molecule has 7 heteroatoms. The van der Waals surface area contributed by atoms with Gasteiger partial charge in [0.2, 0.25) is 0 Å². The van der Waals surface area contributed by atoms with Crippen molar-refractivity contribution in [3.05, 3.63) is 12.7 Å². The Labute approximate surface area is 105 Å². The number of morpholine rings is 1. The molecule has 96 valence electrons. The third-order valence-electron chi connectivity index (χ3n) is 3.05. The molecule has 0 aliphatic carbocycles. The Morgan fingerprint density at radius 3 is 3.22 bits per heavy atom. The molecule has 1 fully saturated rings. The first-order valence-electron chi connectivity index (χ1n) is 6.02. The molecule has 2 aromatic rings. The minimum atomic E-state index is 0.191. The Kier molecular flexibility index (Phi) is 3.07. The standard InChI is InChI=1S/C11H16N6O/c1-17(5-8-4-12-2-3-18-8)11-9-10(14-6-13-9)15-7-16-11/h6-8,12H,2-5H2,1H3,(H,13,14,15,16). The maximum Gasteiger partial charge on any atom is 0.182 e. The largest absolute Gasteiger partial charge is 0.374 e. The third-order valence-corrected chi connectivity index (χ3v) is 3.05. The number of H-pyrrole nitrogens is 1. The average Bonchev–Trinajstić information content (AvgIpc) is 2.87. The lowest BCUT2D eigenvalue weighted by Gasteiger charge is -2.28. The fourth-order valence-corrected chi connectivity index (χ4v) is 2.17. The molecule has 1 aliphatic heterocycles. The molecule has 0 aromatic carbocycles. The number of nitrogens with one attached hydrogen (secondary N) is 2. The van der Waals surface area contributed by atoms with Crippen LogP contribution in [-0.2, 0) is 4.74 Å². The van der Waals surface area contributed by atoms with Gasteiger partial charge in [0.05, 0.1) is 19.0 Å². The molecule has 2 aromatic heterocycles. The van der Waals surface area contributed by atoms with E-state index in [1.165, 1.54) is 6.33 Å². The highest BCUT2D eigenvalue weighted by molar-refractivity contribution is 5.82. The summed E-state index contributed by atoms with van der Waals surface area (Å²) in [7, 11) is 2.00. The lowest BCUT2D eigenvalue weighted by atomic mass is 10.3. The first kappa shape index (κ1) is 11.4. The fourth-order valence-electron chi connectivity index (χ4n) is 2.17. The maximum atomic E-state index is 5.69. The number of likely N-dealkylation sites (N-methyl/N-ethyl adjacent to an activating group) is 1. The lowest BCUT2D eigenvalue weighted by molar-refractivity contribution is 0.0339. The van der Waals surface area contributed by atoms with Crippen LogP contribution < -0.4 is 10.2 Å². The number of fused-ring (bicyclic) bond motifs is 1. The number of aromatic nitrogens is 4. The van der Waals surface area contributed by atoms with E-state index in [0.717, 1.165) is 37.6 Å². The molecule has 3 rings (SSSR count). The average molecular weight is 248 g/mol. The van der Waals surface area contributed by atoms with E-state index in [0.29, 0.717) is 5.65 Å². The van der Waals surface area contributed by atoms with Gasteiger partial charge in [0.1, 0.15) is 11.8 Å². The zero-order valence-corrected chi connectivity index (χ0v) is 10.3. The lowest BCUT2D eigenvalue weighted by Crippen LogP contribution is -2.44. The van der Waals surface area contributed by atoms with Crippen LogP contribution in [-0.4, -0.2) is 59.3 Å². The molecule has 0 saturated carbocycles. The van der Waals surface area contributed by atoms with E-state index in [1.807, 2.05) is 7.05 Å². The van der Waals surface area contributed by atoms with Gasteiger partial charge in [0, 0.05) is 26.7 Å². The second-order valence-electron chi connectivity index (χ2n) is 4.38. The van der Waals surface area contributed by atoms with Gasteiger partial charge in [0.15, 0.2) is 11.5 Å². The zero-order chi connectivity index (χ0) is 12.4. The smallest absolute Gasteiger partial charge is 0.182 e. The quantitative estimate of drug-likeness (QED) is 0.781. The molecular formula is C11H16N6O. The monoisotopic (exact) mass is 248 g/mol.